The second-order valence-corrected chi connectivity index (χ2v) is 10.6. The minimum absolute atomic E-state index is 0.0612. The van der Waals surface area contributed by atoms with E-state index in [0.29, 0.717) is 10.7 Å². The molecule has 0 aromatic heterocycles. The van der Waals surface area contributed by atoms with Crippen molar-refractivity contribution in [1.29, 1.82) is 0 Å². The highest BCUT2D eigenvalue weighted by Gasteiger charge is 2.51. The van der Waals surface area contributed by atoms with E-state index in [-0.39, 0.29) is 18.0 Å². The monoisotopic (exact) mass is 497 g/mol. The second-order valence-electron chi connectivity index (χ2n) is 8.24. The Kier molecular flexibility index (Phi) is 6.74. The molecule has 0 radical (unpaired) electrons. The number of hydrogen-bond acceptors (Lipinski definition) is 4. The van der Waals surface area contributed by atoms with Crippen LogP contribution in [-0.2, 0) is 26.2 Å². The summed E-state index contributed by atoms with van der Waals surface area (Å²) in [7, 11) is -4.00. The summed E-state index contributed by atoms with van der Waals surface area (Å²) in [6, 6.07) is 23.8. The van der Waals surface area contributed by atoms with Gasteiger partial charge in [-0.25, -0.2) is 8.42 Å². The summed E-state index contributed by atoms with van der Waals surface area (Å²) >= 11 is 6.16. The standard InChI is InChI=1S/C25H24ClN3O4S/c1-25(24(31)27-16-19-9-4-2-5-10-19)18-28(34(32,33)22-13-6-3-7-14-22)17-23(30)29(25)21-12-8-11-20(26)15-21/h2-15H,16-18H2,1H3,(H,27,31). The van der Waals surface area contributed by atoms with Gasteiger partial charge < -0.3 is 5.32 Å². The third-order valence-electron chi connectivity index (χ3n) is 5.77. The molecule has 1 aliphatic rings. The molecule has 1 N–H and O–H groups in total. The Morgan fingerprint density at radius 1 is 1.00 bits per heavy atom. The number of rotatable bonds is 6. The predicted octanol–water partition coefficient (Wildman–Crippen LogP) is 3.45. The maximum absolute atomic E-state index is 13.6. The van der Waals surface area contributed by atoms with Crippen LogP contribution in [0.25, 0.3) is 0 Å². The maximum Gasteiger partial charge on any atom is 0.247 e. The van der Waals surface area contributed by atoms with Gasteiger partial charge in [0.25, 0.3) is 0 Å². The van der Waals surface area contributed by atoms with Gasteiger partial charge in [0.1, 0.15) is 5.54 Å². The molecule has 0 aliphatic carbocycles. The van der Waals surface area contributed by atoms with Crippen molar-refractivity contribution in [2.24, 2.45) is 0 Å². The highest BCUT2D eigenvalue weighted by Crippen LogP contribution is 2.33. The first-order valence-corrected chi connectivity index (χ1v) is 12.5. The fourth-order valence-electron chi connectivity index (χ4n) is 4.06. The first kappa shape index (κ1) is 23.9. The fourth-order valence-corrected chi connectivity index (χ4v) is 5.75. The van der Waals surface area contributed by atoms with Crippen molar-refractivity contribution in [3.63, 3.8) is 0 Å². The quantitative estimate of drug-likeness (QED) is 0.565. The number of benzene rings is 3. The molecule has 3 aromatic rings. The van der Waals surface area contributed by atoms with E-state index in [1.165, 1.54) is 17.0 Å². The third kappa shape index (κ3) is 4.70. The number of anilines is 1. The van der Waals surface area contributed by atoms with Gasteiger partial charge in [-0.3, -0.25) is 14.5 Å². The van der Waals surface area contributed by atoms with Crippen LogP contribution in [0, 0.1) is 0 Å². The third-order valence-corrected chi connectivity index (χ3v) is 7.81. The van der Waals surface area contributed by atoms with E-state index < -0.39 is 33.9 Å². The normalized spacial score (nSPS) is 19.1. The number of hydrogen-bond donors (Lipinski definition) is 1. The molecule has 0 bridgehead atoms. The molecule has 34 heavy (non-hydrogen) atoms. The van der Waals surface area contributed by atoms with Crippen molar-refractivity contribution in [1.82, 2.24) is 9.62 Å². The van der Waals surface area contributed by atoms with Crippen LogP contribution < -0.4 is 10.2 Å². The number of halogens is 1. The maximum atomic E-state index is 13.6. The number of piperazine rings is 1. The van der Waals surface area contributed by atoms with Gasteiger partial charge >= 0.3 is 0 Å². The lowest BCUT2D eigenvalue weighted by Crippen LogP contribution is -2.70. The topological polar surface area (TPSA) is 86.8 Å². The van der Waals surface area contributed by atoms with E-state index in [4.69, 9.17) is 11.6 Å². The molecular weight excluding hydrogens is 474 g/mol. The van der Waals surface area contributed by atoms with Crippen LogP contribution >= 0.6 is 11.6 Å². The van der Waals surface area contributed by atoms with Gasteiger partial charge in [-0.1, -0.05) is 66.2 Å². The van der Waals surface area contributed by atoms with Crippen LogP contribution in [0.2, 0.25) is 5.02 Å². The number of nitrogens with one attached hydrogen (secondary N) is 1. The zero-order chi connectivity index (χ0) is 24.3. The molecule has 1 saturated heterocycles. The number of carbonyl (C=O) groups excluding carboxylic acids is 2. The van der Waals surface area contributed by atoms with Gasteiger partial charge in [0, 0.05) is 23.8 Å². The van der Waals surface area contributed by atoms with Gasteiger partial charge in [0.15, 0.2) is 0 Å². The molecule has 4 rings (SSSR count). The molecule has 3 aromatic carbocycles. The van der Waals surface area contributed by atoms with Crippen molar-refractivity contribution in [2.45, 2.75) is 23.9 Å². The Balaban J connectivity index is 1.71. The molecule has 1 atom stereocenters. The first-order valence-electron chi connectivity index (χ1n) is 10.7. The van der Waals surface area contributed by atoms with Gasteiger partial charge in [0.05, 0.1) is 11.4 Å². The van der Waals surface area contributed by atoms with E-state index in [0.717, 1.165) is 9.87 Å². The van der Waals surface area contributed by atoms with Gasteiger partial charge in [-0.2, -0.15) is 4.31 Å². The molecular formula is C25H24ClN3O4S. The smallest absolute Gasteiger partial charge is 0.247 e. The van der Waals surface area contributed by atoms with Crippen molar-refractivity contribution < 1.29 is 18.0 Å². The average Bonchev–Trinajstić information content (AvgIpc) is 2.83. The summed E-state index contributed by atoms with van der Waals surface area (Å²) < 4.78 is 27.7. The van der Waals surface area contributed by atoms with Gasteiger partial charge in [0.2, 0.25) is 21.8 Å². The molecule has 1 aliphatic heterocycles. The predicted molar refractivity (Wildman–Crippen MR) is 131 cm³/mol. The van der Waals surface area contributed by atoms with E-state index >= 15 is 0 Å². The summed E-state index contributed by atoms with van der Waals surface area (Å²) in [6.07, 6.45) is 0. The molecule has 0 spiro atoms. The van der Waals surface area contributed by atoms with Crippen LogP contribution in [0.3, 0.4) is 0 Å². The molecule has 9 heteroatoms. The lowest BCUT2D eigenvalue weighted by Gasteiger charge is -2.46. The lowest BCUT2D eigenvalue weighted by molar-refractivity contribution is -0.133. The van der Waals surface area contributed by atoms with Crippen LogP contribution in [-0.4, -0.2) is 43.2 Å². The Bertz CT molecular complexity index is 1300. The highest BCUT2D eigenvalue weighted by molar-refractivity contribution is 7.89. The van der Waals surface area contributed by atoms with Gasteiger partial charge in [-0.15, -0.1) is 0 Å². The number of amides is 2. The van der Waals surface area contributed by atoms with E-state index in [9.17, 15) is 18.0 Å². The number of carbonyl (C=O) groups is 2. The molecule has 1 fully saturated rings. The Morgan fingerprint density at radius 3 is 2.29 bits per heavy atom. The Morgan fingerprint density at radius 2 is 1.65 bits per heavy atom. The highest BCUT2D eigenvalue weighted by atomic mass is 35.5. The van der Waals surface area contributed by atoms with E-state index in [2.05, 4.69) is 5.32 Å². The Hall–Kier alpha value is -3.20. The molecule has 2 amide bonds. The largest absolute Gasteiger partial charge is 0.350 e. The second kappa shape index (κ2) is 9.58. The summed E-state index contributed by atoms with van der Waals surface area (Å²) in [6.45, 7) is 1.19. The van der Waals surface area contributed by atoms with Crippen LogP contribution in [0.15, 0.2) is 89.8 Å². The van der Waals surface area contributed by atoms with Crippen LogP contribution in [0.1, 0.15) is 12.5 Å². The van der Waals surface area contributed by atoms with Crippen LogP contribution in [0.4, 0.5) is 5.69 Å². The lowest BCUT2D eigenvalue weighted by atomic mass is 9.94. The number of sulfonamides is 1. The zero-order valence-electron chi connectivity index (χ0n) is 18.5. The molecule has 176 valence electrons. The molecule has 1 heterocycles. The SMILES string of the molecule is CC1(C(=O)NCc2ccccc2)CN(S(=O)(=O)c2ccccc2)CC(=O)N1c1cccc(Cl)c1. The summed E-state index contributed by atoms with van der Waals surface area (Å²) in [5.41, 5.74) is -0.215. The van der Waals surface area contributed by atoms with E-state index in [1.807, 2.05) is 30.3 Å². The van der Waals surface area contributed by atoms with Crippen molar-refractivity contribution in [2.75, 3.05) is 18.0 Å². The first-order chi connectivity index (χ1) is 16.2. The van der Waals surface area contributed by atoms with Gasteiger partial charge in [-0.05, 0) is 42.8 Å². The number of nitrogens with zero attached hydrogens (tertiary/aromatic N) is 2. The average molecular weight is 498 g/mol. The summed E-state index contributed by atoms with van der Waals surface area (Å²) in [5, 5.41) is 3.27. The minimum atomic E-state index is -4.00. The Labute approximate surface area is 204 Å². The molecule has 1 unspecified atom stereocenters. The van der Waals surface area contributed by atoms with Crippen molar-refractivity contribution in [3.05, 3.63) is 95.5 Å². The van der Waals surface area contributed by atoms with Crippen molar-refractivity contribution in [3.8, 4) is 0 Å². The molecule has 0 saturated carbocycles. The minimum Gasteiger partial charge on any atom is -0.350 e. The van der Waals surface area contributed by atoms with E-state index in [1.54, 1.807) is 49.4 Å². The van der Waals surface area contributed by atoms with Crippen LogP contribution in [0.5, 0.6) is 0 Å². The fraction of sp³-hybridized carbons (Fsp3) is 0.200. The van der Waals surface area contributed by atoms with Crippen molar-refractivity contribution >= 4 is 39.1 Å². The zero-order valence-corrected chi connectivity index (χ0v) is 20.1. The summed E-state index contributed by atoms with van der Waals surface area (Å²) in [4.78, 5) is 28.3. The molecule has 7 nitrogen and oxygen atoms in total. The summed E-state index contributed by atoms with van der Waals surface area (Å²) in [5.74, 6) is -0.997.